The second-order valence-corrected chi connectivity index (χ2v) is 15.1. The van der Waals surface area contributed by atoms with E-state index < -0.39 is 28.1 Å². The van der Waals surface area contributed by atoms with E-state index >= 15 is 0 Å². The summed E-state index contributed by atoms with van der Waals surface area (Å²) in [6.07, 6.45) is 1.68. The van der Waals surface area contributed by atoms with Crippen molar-refractivity contribution in [3.63, 3.8) is 0 Å². The van der Waals surface area contributed by atoms with Crippen LogP contribution < -0.4 is 16.0 Å². The zero-order valence-electron chi connectivity index (χ0n) is 28.7. The number of benzene rings is 3. The summed E-state index contributed by atoms with van der Waals surface area (Å²) < 4.78 is 33.7. The first-order chi connectivity index (χ1) is 25.1. The normalized spacial score (nSPS) is 18.6. The van der Waals surface area contributed by atoms with Gasteiger partial charge in [-0.05, 0) is 108 Å². The van der Waals surface area contributed by atoms with E-state index in [1.165, 1.54) is 4.31 Å². The zero-order chi connectivity index (χ0) is 36.7. The number of anilines is 1. The fourth-order valence-corrected chi connectivity index (χ4v) is 8.13. The third-order valence-corrected chi connectivity index (χ3v) is 11.6. The van der Waals surface area contributed by atoms with Crippen LogP contribution in [0.15, 0.2) is 71.6 Å². The molecule has 3 amide bonds. The minimum atomic E-state index is -3.72. The Morgan fingerprint density at radius 2 is 1.73 bits per heavy atom. The second kappa shape index (κ2) is 16.4. The molecule has 0 bridgehead atoms. The number of morpholine rings is 1. The molecule has 15 nitrogen and oxygen atoms in total. The summed E-state index contributed by atoms with van der Waals surface area (Å²) in [7, 11) is -3.72. The van der Waals surface area contributed by atoms with Gasteiger partial charge in [-0.15, -0.1) is 5.10 Å². The average Bonchev–Trinajstić information content (AvgIpc) is 3.70. The summed E-state index contributed by atoms with van der Waals surface area (Å²) in [5.74, 6) is -0.302. The molecule has 2 fully saturated rings. The minimum absolute atomic E-state index is 0.156. The van der Waals surface area contributed by atoms with Gasteiger partial charge in [0.15, 0.2) is 5.82 Å². The van der Waals surface area contributed by atoms with Crippen LogP contribution in [-0.2, 0) is 30.8 Å². The molecule has 2 aliphatic rings. The Morgan fingerprint density at radius 3 is 2.42 bits per heavy atom. The molecular weight excluding hydrogens is 689 g/mol. The van der Waals surface area contributed by atoms with E-state index in [-0.39, 0.29) is 29.1 Å². The number of hydrogen-bond acceptors (Lipinski definition) is 9. The summed E-state index contributed by atoms with van der Waals surface area (Å²) >= 11 is 0. The summed E-state index contributed by atoms with van der Waals surface area (Å²) in [5.41, 5.74) is 4.45. The van der Waals surface area contributed by atoms with Gasteiger partial charge in [0, 0.05) is 43.2 Å². The smallest absolute Gasteiger partial charge is 0.404 e. The summed E-state index contributed by atoms with van der Waals surface area (Å²) in [6.45, 7) is 3.55. The van der Waals surface area contributed by atoms with Crippen LogP contribution >= 0.6 is 0 Å². The number of tetrazole rings is 1. The Balaban J connectivity index is 1.21. The highest BCUT2D eigenvalue weighted by Crippen LogP contribution is 2.31. The van der Waals surface area contributed by atoms with Crippen molar-refractivity contribution in [3.8, 4) is 22.5 Å². The highest BCUT2D eigenvalue weighted by atomic mass is 32.2. The number of aromatic nitrogens is 4. The Hall–Kier alpha value is -5.19. The molecule has 0 unspecified atom stereocenters. The molecule has 1 aromatic heterocycles. The van der Waals surface area contributed by atoms with Crippen molar-refractivity contribution < 1.29 is 32.6 Å². The predicted octanol–water partition coefficient (Wildman–Crippen LogP) is 3.60. The summed E-state index contributed by atoms with van der Waals surface area (Å²) in [6, 6.07) is 18.7. The molecule has 274 valence electrons. The predicted molar refractivity (Wildman–Crippen MR) is 192 cm³/mol. The Bertz CT molecular complexity index is 1980. The van der Waals surface area contributed by atoms with Gasteiger partial charge in [0.1, 0.15) is 6.04 Å². The van der Waals surface area contributed by atoms with Crippen LogP contribution in [0.3, 0.4) is 0 Å². The Labute approximate surface area is 301 Å². The van der Waals surface area contributed by atoms with Crippen molar-refractivity contribution in [1.82, 2.24) is 35.6 Å². The third kappa shape index (κ3) is 8.99. The van der Waals surface area contributed by atoms with E-state index in [1.807, 2.05) is 31.2 Å². The lowest BCUT2D eigenvalue weighted by Crippen LogP contribution is -2.48. The SMILES string of the molecule is Cc1ccc(S(=O)(=O)N2CCOCC2)cc1-c1cccc(C[C@H](NC(=O)[C@H]2CC[C@H](CNC(=O)O)CC2)C(=O)Nc2ccc(-c3nnn[nH]3)cc2)c1. The van der Waals surface area contributed by atoms with Crippen molar-refractivity contribution in [2.75, 3.05) is 38.2 Å². The van der Waals surface area contributed by atoms with E-state index in [1.54, 1.807) is 42.5 Å². The number of hydrogen-bond donors (Lipinski definition) is 5. The monoisotopic (exact) mass is 730 g/mol. The summed E-state index contributed by atoms with van der Waals surface area (Å²) in [5, 5.41) is 31.1. The fourth-order valence-electron chi connectivity index (χ4n) is 6.69. The van der Waals surface area contributed by atoms with Crippen LogP contribution in [0.4, 0.5) is 10.5 Å². The summed E-state index contributed by atoms with van der Waals surface area (Å²) in [4.78, 5) is 38.6. The van der Waals surface area contributed by atoms with Gasteiger partial charge in [-0.25, -0.2) is 18.3 Å². The maximum atomic E-state index is 13.9. The van der Waals surface area contributed by atoms with Gasteiger partial charge in [0.2, 0.25) is 21.8 Å². The maximum absolute atomic E-state index is 13.9. The van der Waals surface area contributed by atoms with E-state index in [4.69, 9.17) is 9.84 Å². The van der Waals surface area contributed by atoms with E-state index in [0.29, 0.717) is 70.0 Å². The number of aryl methyl sites for hydroxylation is 1. The van der Waals surface area contributed by atoms with Crippen LogP contribution in [0, 0.1) is 18.8 Å². The average molecular weight is 731 g/mol. The molecule has 1 aliphatic heterocycles. The lowest BCUT2D eigenvalue weighted by molar-refractivity contribution is -0.130. The van der Waals surface area contributed by atoms with Crippen LogP contribution in [0.5, 0.6) is 0 Å². The van der Waals surface area contributed by atoms with Gasteiger partial charge in [-0.1, -0.05) is 30.3 Å². The largest absolute Gasteiger partial charge is 0.465 e. The highest BCUT2D eigenvalue weighted by Gasteiger charge is 2.31. The van der Waals surface area contributed by atoms with Crippen molar-refractivity contribution in [2.24, 2.45) is 11.8 Å². The third-order valence-electron chi connectivity index (χ3n) is 9.66. The van der Waals surface area contributed by atoms with Crippen molar-refractivity contribution >= 4 is 33.6 Å². The number of H-pyrrole nitrogens is 1. The first-order valence-corrected chi connectivity index (χ1v) is 18.7. The first-order valence-electron chi connectivity index (χ1n) is 17.3. The molecule has 1 atom stereocenters. The molecule has 4 aromatic rings. The second-order valence-electron chi connectivity index (χ2n) is 13.2. The number of nitrogens with one attached hydrogen (secondary N) is 4. The molecule has 2 heterocycles. The van der Waals surface area contributed by atoms with Crippen molar-refractivity contribution in [2.45, 2.75) is 50.0 Å². The molecule has 16 heteroatoms. The molecule has 1 saturated heterocycles. The number of carbonyl (C=O) groups excluding carboxylic acids is 2. The molecule has 6 rings (SSSR count). The minimum Gasteiger partial charge on any atom is -0.465 e. The van der Waals surface area contributed by atoms with Gasteiger partial charge >= 0.3 is 6.09 Å². The van der Waals surface area contributed by atoms with E-state index in [2.05, 4.69) is 36.6 Å². The Morgan fingerprint density at radius 1 is 0.981 bits per heavy atom. The van der Waals surface area contributed by atoms with E-state index in [9.17, 15) is 22.8 Å². The number of sulfonamides is 1. The lowest BCUT2D eigenvalue weighted by Gasteiger charge is -2.29. The highest BCUT2D eigenvalue weighted by molar-refractivity contribution is 7.89. The van der Waals surface area contributed by atoms with Crippen LogP contribution in [0.2, 0.25) is 0 Å². The van der Waals surface area contributed by atoms with Gasteiger partial charge in [0.05, 0.1) is 18.1 Å². The van der Waals surface area contributed by atoms with E-state index in [0.717, 1.165) is 27.8 Å². The zero-order valence-corrected chi connectivity index (χ0v) is 29.6. The van der Waals surface area contributed by atoms with Crippen LogP contribution in [0.1, 0.15) is 36.8 Å². The molecule has 5 N–H and O–H groups in total. The van der Waals surface area contributed by atoms with Crippen LogP contribution in [0.25, 0.3) is 22.5 Å². The first kappa shape index (κ1) is 36.6. The lowest BCUT2D eigenvalue weighted by atomic mass is 9.81. The van der Waals surface area contributed by atoms with Gasteiger partial charge < -0.3 is 25.8 Å². The number of rotatable bonds is 12. The topological polar surface area (TPSA) is 209 Å². The molecule has 0 spiro atoms. The number of nitrogens with zero attached hydrogens (tertiary/aromatic N) is 4. The number of aromatic amines is 1. The van der Waals surface area contributed by atoms with Crippen molar-refractivity contribution in [3.05, 3.63) is 77.9 Å². The number of carboxylic acid groups (broad SMARTS) is 1. The number of amides is 3. The molecule has 1 aliphatic carbocycles. The molecular formula is C36H42N8O7S. The Kier molecular flexibility index (Phi) is 11.6. The van der Waals surface area contributed by atoms with Crippen LogP contribution in [-0.4, -0.2) is 95.3 Å². The number of carbonyl (C=O) groups is 3. The van der Waals surface area contributed by atoms with Crippen molar-refractivity contribution in [1.29, 1.82) is 0 Å². The fraction of sp³-hybridized carbons (Fsp3) is 0.389. The van der Waals surface area contributed by atoms with Gasteiger partial charge in [-0.3, -0.25) is 9.59 Å². The maximum Gasteiger partial charge on any atom is 0.404 e. The van der Waals surface area contributed by atoms with Gasteiger partial charge in [0.25, 0.3) is 0 Å². The number of ether oxygens (including phenoxy) is 1. The standard InChI is InChI=1S/C36H42N8O7S/c1-23-5-14-30(52(49,50)44-15-17-51-18-16-44)21-31(23)28-4-2-3-25(19-28)20-32(39-34(45)27-8-6-24(7-9-27)22-37-36(47)48)35(46)38-29-12-10-26(11-13-29)33-40-42-43-41-33/h2-5,10-14,19,21,24,27,32,37H,6-9,15-18,20,22H2,1H3,(H,38,46)(H,39,45)(H,47,48)(H,40,41,42,43)/t24-,27-,32-/m0/s1. The molecule has 3 aromatic carbocycles. The van der Waals surface area contributed by atoms with Gasteiger partial charge in [-0.2, -0.15) is 4.31 Å². The molecule has 1 saturated carbocycles. The quantitative estimate of drug-likeness (QED) is 0.143. The molecule has 0 radical (unpaired) electrons. The molecule has 52 heavy (non-hydrogen) atoms.